The molecule has 0 saturated carbocycles. The van der Waals surface area contributed by atoms with Crippen LogP contribution in [0, 0.1) is 0 Å². The highest BCUT2D eigenvalue weighted by Gasteiger charge is 2.22. The van der Waals surface area contributed by atoms with Gasteiger partial charge < -0.3 is 14.5 Å². The van der Waals surface area contributed by atoms with Gasteiger partial charge in [-0.1, -0.05) is 0 Å². The van der Waals surface area contributed by atoms with Gasteiger partial charge in [0.05, 0.1) is 0 Å². The van der Waals surface area contributed by atoms with Crippen LogP contribution in [0.1, 0.15) is 0 Å². The van der Waals surface area contributed by atoms with E-state index in [1.54, 1.807) is 0 Å². The molecular formula is C9H19N5O. The van der Waals surface area contributed by atoms with Crippen LogP contribution in [0.15, 0.2) is 9.98 Å². The molecule has 86 valence electrons. The highest BCUT2D eigenvalue weighted by atomic mass is 16.5. The fourth-order valence-corrected chi connectivity index (χ4v) is 1.00. The van der Waals surface area contributed by atoms with Gasteiger partial charge in [0.25, 0.3) is 12.4 Å². The van der Waals surface area contributed by atoms with Gasteiger partial charge in [0.2, 0.25) is 5.96 Å². The lowest BCUT2D eigenvalue weighted by Gasteiger charge is -2.29. The van der Waals surface area contributed by atoms with Crippen LogP contribution in [0.3, 0.4) is 0 Å². The van der Waals surface area contributed by atoms with Crippen LogP contribution < -0.4 is 0 Å². The maximum absolute atomic E-state index is 5.58. The van der Waals surface area contributed by atoms with Crippen molar-refractivity contribution in [2.24, 2.45) is 9.98 Å². The third-order valence-electron chi connectivity index (χ3n) is 1.86. The monoisotopic (exact) mass is 213 g/mol. The molecule has 0 N–H and O–H groups in total. The van der Waals surface area contributed by atoms with Crippen molar-refractivity contribution in [3.8, 4) is 0 Å². The van der Waals surface area contributed by atoms with Crippen molar-refractivity contribution >= 4 is 12.0 Å². The third-order valence-corrected chi connectivity index (χ3v) is 1.86. The number of rotatable bonds is 1. The van der Waals surface area contributed by atoms with Crippen LogP contribution in [-0.4, -0.2) is 75.3 Å². The van der Waals surface area contributed by atoms with Crippen LogP contribution in [-0.2, 0) is 4.74 Å². The molecule has 15 heavy (non-hydrogen) atoms. The molecular weight excluding hydrogens is 194 g/mol. The molecule has 1 rings (SSSR count). The van der Waals surface area contributed by atoms with Gasteiger partial charge in [-0.25, -0.2) is 0 Å². The first-order valence-electron chi connectivity index (χ1n) is 4.76. The molecule has 6 nitrogen and oxygen atoms in total. The second-order valence-electron chi connectivity index (χ2n) is 4.02. The topological polar surface area (TPSA) is 43.7 Å². The molecule has 0 bridgehead atoms. The molecule has 0 fully saturated rings. The van der Waals surface area contributed by atoms with Gasteiger partial charge in [-0.15, -0.1) is 0 Å². The molecule has 0 aromatic heterocycles. The van der Waals surface area contributed by atoms with E-state index in [-0.39, 0.29) is 6.35 Å². The van der Waals surface area contributed by atoms with Crippen LogP contribution in [0.5, 0.6) is 0 Å². The number of hydrogen-bond donors (Lipinski definition) is 0. The van der Waals surface area contributed by atoms with Gasteiger partial charge in [0, 0.05) is 28.2 Å². The number of ether oxygens (including phenoxy) is 1. The Kier molecular flexibility index (Phi) is 3.52. The van der Waals surface area contributed by atoms with Crippen LogP contribution >= 0.6 is 0 Å². The summed E-state index contributed by atoms with van der Waals surface area (Å²) in [5.74, 6) is 0.670. The summed E-state index contributed by atoms with van der Waals surface area (Å²) >= 11 is 0. The normalized spacial score (nSPS) is 20.6. The van der Waals surface area contributed by atoms with E-state index in [9.17, 15) is 0 Å². The Labute approximate surface area is 90.8 Å². The van der Waals surface area contributed by atoms with Gasteiger partial charge in [-0.3, -0.25) is 4.90 Å². The summed E-state index contributed by atoms with van der Waals surface area (Å²) in [6.07, 6.45) is -0.308. The summed E-state index contributed by atoms with van der Waals surface area (Å²) in [5, 5.41) is 0. The summed E-state index contributed by atoms with van der Waals surface area (Å²) in [5.41, 5.74) is 0. The quantitative estimate of drug-likeness (QED) is 0.599. The lowest BCUT2D eigenvalue weighted by molar-refractivity contribution is 0.0426. The van der Waals surface area contributed by atoms with Crippen molar-refractivity contribution in [1.82, 2.24) is 14.7 Å². The molecule has 0 aromatic carbocycles. The summed E-state index contributed by atoms with van der Waals surface area (Å²) in [7, 11) is 11.4. The molecule has 1 aliphatic rings. The van der Waals surface area contributed by atoms with Crippen molar-refractivity contribution in [2.45, 2.75) is 6.35 Å². The Morgan fingerprint density at radius 2 is 1.60 bits per heavy atom. The summed E-state index contributed by atoms with van der Waals surface area (Å²) in [6.45, 7) is 0. The smallest absolute Gasteiger partial charge is 0.297 e. The van der Waals surface area contributed by atoms with Crippen molar-refractivity contribution in [1.29, 1.82) is 0 Å². The number of nitrogens with zero attached hydrogens (tertiary/aromatic N) is 5. The molecule has 0 spiro atoms. The van der Waals surface area contributed by atoms with Crippen LogP contribution in [0.4, 0.5) is 0 Å². The number of amidine groups is 1. The summed E-state index contributed by atoms with van der Waals surface area (Å²) in [4.78, 5) is 14.2. The first-order chi connectivity index (χ1) is 6.91. The number of guanidine groups is 1. The van der Waals surface area contributed by atoms with E-state index in [0.717, 1.165) is 0 Å². The Morgan fingerprint density at radius 1 is 1.00 bits per heavy atom. The number of aliphatic imine (C=N–C) groups is 2. The molecule has 0 aliphatic carbocycles. The fourth-order valence-electron chi connectivity index (χ4n) is 1.00. The summed E-state index contributed by atoms with van der Waals surface area (Å²) < 4.78 is 5.58. The minimum Gasteiger partial charge on any atom is -0.425 e. The van der Waals surface area contributed by atoms with Crippen molar-refractivity contribution in [2.75, 3.05) is 42.3 Å². The van der Waals surface area contributed by atoms with E-state index >= 15 is 0 Å². The lowest BCUT2D eigenvalue weighted by atomic mass is 10.6. The average molecular weight is 213 g/mol. The molecule has 0 saturated heterocycles. The molecule has 1 unspecified atom stereocenters. The van der Waals surface area contributed by atoms with Crippen LogP contribution in [0.2, 0.25) is 0 Å². The zero-order valence-electron chi connectivity index (χ0n) is 10.2. The van der Waals surface area contributed by atoms with E-state index in [1.807, 2.05) is 57.0 Å². The van der Waals surface area contributed by atoms with Gasteiger partial charge in [-0.05, 0) is 14.1 Å². The lowest BCUT2D eigenvalue weighted by Crippen LogP contribution is -2.42. The van der Waals surface area contributed by atoms with Gasteiger partial charge >= 0.3 is 0 Å². The molecule has 0 amide bonds. The van der Waals surface area contributed by atoms with Crippen molar-refractivity contribution in [3.05, 3.63) is 0 Å². The Balaban J connectivity index is 2.92. The second kappa shape index (κ2) is 4.48. The van der Waals surface area contributed by atoms with E-state index < -0.39 is 0 Å². The predicted molar refractivity (Wildman–Crippen MR) is 60.8 cm³/mol. The average Bonchev–Trinajstić information content (AvgIpc) is 2.16. The molecule has 1 heterocycles. The first-order valence-corrected chi connectivity index (χ1v) is 4.76. The standard InChI is InChI=1S/C9H19N5O/c1-12(2)7-10-8(13(3)4)15-9(11-7)14(5)6/h8H,1-6H3. The first kappa shape index (κ1) is 11.8. The van der Waals surface area contributed by atoms with Crippen molar-refractivity contribution in [3.63, 3.8) is 0 Å². The van der Waals surface area contributed by atoms with Crippen molar-refractivity contribution < 1.29 is 4.74 Å². The highest BCUT2D eigenvalue weighted by molar-refractivity contribution is 5.93. The van der Waals surface area contributed by atoms with E-state index in [4.69, 9.17) is 4.74 Å². The van der Waals surface area contributed by atoms with Gasteiger partial charge in [0.15, 0.2) is 0 Å². The number of hydrogen-bond acceptors (Lipinski definition) is 6. The second-order valence-corrected chi connectivity index (χ2v) is 4.02. The molecule has 1 atom stereocenters. The Morgan fingerprint density at radius 3 is 2.00 bits per heavy atom. The predicted octanol–water partition coefficient (Wildman–Crippen LogP) is -0.303. The zero-order chi connectivity index (χ0) is 11.6. The third kappa shape index (κ3) is 2.82. The SMILES string of the molecule is CN(C)C1=NC(N(C)C)OC(N(C)C)=N1. The van der Waals surface area contributed by atoms with Crippen LogP contribution in [0.25, 0.3) is 0 Å². The maximum atomic E-state index is 5.58. The molecule has 6 heteroatoms. The Bertz CT molecular complexity index is 282. The zero-order valence-corrected chi connectivity index (χ0v) is 10.2. The van der Waals surface area contributed by atoms with E-state index in [1.165, 1.54) is 0 Å². The molecule has 1 aliphatic heterocycles. The van der Waals surface area contributed by atoms with E-state index in [2.05, 4.69) is 9.98 Å². The van der Waals surface area contributed by atoms with Gasteiger partial charge in [-0.2, -0.15) is 9.98 Å². The molecule has 0 radical (unpaired) electrons. The molecule has 0 aromatic rings. The summed E-state index contributed by atoms with van der Waals surface area (Å²) in [6, 6.07) is 0.576. The Hall–Kier alpha value is -1.30. The minimum atomic E-state index is -0.308. The largest absolute Gasteiger partial charge is 0.425 e. The van der Waals surface area contributed by atoms with E-state index in [0.29, 0.717) is 12.0 Å². The maximum Gasteiger partial charge on any atom is 0.297 e. The minimum absolute atomic E-state index is 0.308. The highest BCUT2D eigenvalue weighted by Crippen LogP contribution is 2.09. The van der Waals surface area contributed by atoms with Gasteiger partial charge in [0.1, 0.15) is 0 Å². The fraction of sp³-hybridized carbons (Fsp3) is 0.778.